The van der Waals surface area contributed by atoms with Crippen LogP contribution in [0.3, 0.4) is 0 Å². The molecule has 5 nitrogen and oxygen atoms in total. The van der Waals surface area contributed by atoms with Crippen molar-refractivity contribution in [2.45, 2.75) is 32.4 Å². The molecule has 0 spiro atoms. The minimum Gasteiger partial charge on any atom is -0.455 e. The van der Waals surface area contributed by atoms with Crippen molar-refractivity contribution in [3.63, 3.8) is 0 Å². The second-order valence-corrected chi connectivity index (χ2v) is 9.08. The van der Waals surface area contributed by atoms with E-state index in [-0.39, 0.29) is 23.2 Å². The van der Waals surface area contributed by atoms with Crippen molar-refractivity contribution in [2.24, 2.45) is 0 Å². The van der Waals surface area contributed by atoms with Crippen LogP contribution in [0.1, 0.15) is 34.3 Å². The molecule has 1 aliphatic heterocycles. The average Bonchev–Trinajstić information content (AvgIpc) is 2.89. The van der Waals surface area contributed by atoms with E-state index in [0.29, 0.717) is 27.9 Å². The molecule has 1 amide bonds. The molecule has 1 aliphatic rings. The van der Waals surface area contributed by atoms with E-state index in [1.165, 1.54) is 12.1 Å². The number of nitrogens with one attached hydrogen (secondary N) is 1. The third kappa shape index (κ3) is 4.88. The lowest BCUT2D eigenvalue weighted by Crippen LogP contribution is -2.44. The zero-order valence-corrected chi connectivity index (χ0v) is 19.6. The molecule has 0 unspecified atom stereocenters. The highest BCUT2D eigenvalue weighted by Gasteiger charge is 2.24. The fourth-order valence-corrected chi connectivity index (χ4v) is 4.70. The predicted molar refractivity (Wildman–Crippen MR) is 135 cm³/mol. The van der Waals surface area contributed by atoms with Crippen molar-refractivity contribution in [1.29, 1.82) is 0 Å². The molecule has 0 saturated carbocycles. The molecule has 178 valence electrons. The highest BCUT2D eigenvalue weighted by Crippen LogP contribution is 2.27. The number of carbonyl (C=O) groups is 1. The number of amides is 1. The summed E-state index contributed by atoms with van der Waals surface area (Å²) in [5.41, 5.74) is 2.94. The standard InChI is InChI=1S/C29H27FN2O3/c1-19-26(33)24-8-5-9-25(28(24)35-27(19)21-6-3-2-4-7-21)29(34)31-23-14-16-32(17-15-23)18-20-10-12-22(30)13-11-20/h2-13,23H,14-18H2,1H3,(H,31,34). The van der Waals surface area contributed by atoms with Gasteiger partial charge < -0.3 is 9.73 Å². The largest absolute Gasteiger partial charge is 0.455 e. The van der Waals surface area contributed by atoms with E-state index in [1.54, 1.807) is 25.1 Å². The molecule has 1 aromatic heterocycles. The lowest BCUT2D eigenvalue weighted by Gasteiger charge is -2.32. The summed E-state index contributed by atoms with van der Waals surface area (Å²) in [6.07, 6.45) is 1.63. The second-order valence-electron chi connectivity index (χ2n) is 9.08. The SMILES string of the molecule is Cc1c(-c2ccccc2)oc2c(C(=O)NC3CCN(Cc4ccc(F)cc4)CC3)cccc2c1=O. The van der Waals surface area contributed by atoms with E-state index in [1.807, 2.05) is 42.5 Å². The number of para-hydroxylation sites is 1. The summed E-state index contributed by atoms with van der Waals surface area (Å²) in [5, 5.41) is 3.54. The van der Waals surface area contributed by atoms with Crippen molar-refractivity contribution in [1.82, 2.24) is 10.2 Å². The maximum atomic E-state index is 13.3. The molecule has 0 atom stereocenters. The van der Waals surface area contributed by atoms with Crippen molar-refractivity contribution in [3.05, 3.63) is 106 Å². The third-order valence-electron chi connectivity index (χ3n) is 6.67. The Morgan fingerprint density at radius 2 is 1.71 bits per heavy atom. The highest BCUT2D eigenvalue weighted by molar-refractivity contribution is 6.05. The lowest BCUT2D eigenvalue weighted by molar-refractivity contribution is 0.0909. The van der Waals surface area contributed by atoms with Crippen molar-refractivity contribution in [3.8, 4) is 11.3 Å². The summed E-state index contributed by atoms with van der Waals surface area (Å²) in [5.74, 6) is 0.0153. The smallest absolute Gasteiger partial charge is 0.255 e. The van der Waals surface area contributed by atoms with Gasteiger partial charge in [0.2, 0.25) is 0 Å². The zero-order chi connectivity index (χ0) is 24.4. The summed E-state index contributed by atoms with van der Waals surface area (Å²) >= 11 is 0. The molecule has 3 aromatic carbocycles. The van der Waals surface area contributed by atoms with Gasteiger partial charge in [0.1, 0.15) is 11.6 Å². The Morgan fingerprint density at radius 1 is 1.00 bits per heavy atom. The molecule has 1 N–H and O–H groups in total. The van der Waals surface area contributed by atoms with E-state index in [9.17, 15) is 14.0 Å². The summed E-state index contributed by atoms with van der Waals surface area (Å²) in [4.78, 5) is 28.6. The fourth-order valence-electron chi connectivity index (χ4n) is 4.70. The van der Waals surface area contributed by atoms with Crippen LogP contribution in [0.15, 0.2) is 82.0 Å². The van der Waals surface area contributed by atoms with Gasteiger partial charge in [-0.15, -0.1) is 0 Å². The monoisotopic (exact) mass is 470 g/mol. The average molecular weight is 471 g/mol. The predicted octanol–water partition coefficient (Wildman–Crippen LogP) is 5.30. The molecule has 35 heavy (non-hydrogen) atoms. The number of carbonyl (C=O) groups excluding carboxylic acids is 1. The Morgan fingerprint density at radius 3 is 2.43 bits per heavy atom. The van der Waals surface area contributed by atoms with Gasteiger partial charge in [-0.25, -0.2) is 4.39 Å². The molecule has 0 bridgehead atoms. The highest BCUT2D eigenvalue weighted by atomic mass is 19.1. The summed E-state index contributed by atoms with van der Waals surface area (Å²) < 4.78 is 19.3. The van der Waals surface area contributed by atoms with Gasteiger partial charge in [0.15, 0.2) is 11.0 Å². The van der Waals surface area contributed by atoms with Gasteiger partial charge in [-0.1, -0.05) is 48.5 Å². The number of hydrogen-bond donors (Lipinski definition) is 1. The van der Waals surface area contributed by atoms with Crippen LogP contribution in [-0.2, 0) is 6.54 Å². The second kappa shape index (κ2) is 9.84. The molecule has 0 radical (unpaired) electrons. The summed E-state index contributed by atoms with van der Waals surface area (Å²) in [6, 6.07) is 21.2. The minimum absolute atomic E-state index is 0.0352. The lowest BCUT2D eigenvalue weighted by atomic mass is 10.0. The van der Waals surface area contributed by atoms with Crippen LogP contribution in [0.2, 0.25) is 0 Å². The quantitative estimate of drug-likeness (QED) is 0.430. The Balaban J connectivity index is 1.32. The van der Waals surface area contributed by atoms with Crippen LogP contribution in [-0.4, -0.2) is 29.9 Å². The van der Waals surface area contributed by atoms with E-state index >= 15 is 0 Å². The van der Waals surface area contributed by atoms with Gasteiger partial charge in [-0.3, -0.25) is 14.5 Å². The first-order chi connectivity index (χ1) is 17.0. The first kappa shape index (κ1) is 23.0. The Bertz CT molecular complexity index is 1410. The Hall–Kier alpha value is -3.77. The molecule has 1 saturated heterocycles. The van der Waals surface area contributed by atoms with Gasteiger partial charge in [0.25, 0.3) is 5.91 Å². The third-order valence-corrected chi connectivity index (χ3v) is 6.67. The zero-order valence-electron chi connectivity index (χ0n) is 19.6. The maximum Gasteiger partial charge on any atom is 0.255 e. The van der Waals surface area contributed by atoms with Gasteiger partial charge >= 0.3 is 0 Å². The summed E-state index contributed by atoms with van der Waals surface area (Å²) in [6.45, 7) is 4.19. The first-order valence-corrected chi connectivity index (χ1v) is 11.9. The van der Waals surface area contributed by atoms with E-state index in [0.717, 1.165) is 43.6 Å². The number of rotatable bonds is 5. The van der Waals surface area contributed by atoms with Crippen molar-refractivity contribution >= 4 is 16.9 Å². The van der Waals surface area contributed by atoms with Gasteiger partial charge in [-0.05, 0) is 49.6 Å². The Labute approximate surface area is 203 Å². The molecular formula is C29H27FN2O3. The number of benzene rings is 3. The number of piperidine rings is 1. The fraction of sp³-hybridized carbons (Fsp3) is 0.241. The van der Waals surface area contributed by atoms with Crippen molar-refractivity contribution < 1.29 is 13.6 Å². The van der Waals surface area contributed by atoms with E-state index < -0.39 is 0 Å². The van der Waals surface area contributed by atoms with Crippen molar-refractivity contribution in [2.75, 3.05) is 13.1 Å². The number of hydrogen-bond acceptors (Lipinski definition) is 4. The van der Waals surface area contributed by atoms with Gasteiger partial charge in [0, 0.05) is 36.8 Å². The molecule has 5 rings (SSSR count). The number of likely N-dealkylation sites (tertiary alicyclic amines) is 1. The first-order valence-electron chi connectivity index (χ1n) is 11.9. The number of nitrogens with zero attached hydrogens (tertiary/aromatic N) is 1. The molecule has 0 aliphatic carbocycles. The molecule has 4 aromatic rings. The van der Waals surface area contributed by atoms with Crippen LogP contribution in [0, 0.1) is 12.7 Å². The molecular weight excluding hydrogens is 443 g/mol. The van der Waals surface area contributed by atoms with E-state index in [2.05, 4.69) is 10.2 Å². The topological polar surface area (TPSA) is 62.6 Å². The van der Waals surface area contributed by atoms with Crippen LogP contribution in [0.5, 0.6) is 0 Å². The van der Waals surface area contributed by atoms with Crippen LogP contribution >= 0.6 is 0 Å². The molecule has 2 heterocycles. The van der Waals surface area contributed by atoms with Gasteiger partial charge in [-0.2, -0.15) is 0 Å². The van der Waals surface area contributed by atoms with Crippen LogP contribution in [0.4, 0.5) is 4.39 Å². The number of fused-ring (bicyclic) bond motifs is 1. The Kier molecular flexibility index (Phi) is 6.47. The minimum atomic E-state index is -0.237. The number of halogens is 1. The summed E-state index contributed by atoms with van der Waals surface area (Å²) in [7, 11) is 0. The van der Waals surface area contributed by atoms with Crippen LogP contribution < -0.4 is 10.7 Å². The van der Waals surface area contributed by atoms with Crippen LogP contribution in [0.25, 0.3) is 22.3 Å². The molecule has 1 fully saturated rings. The molecule has 6 heteroatoms. The normalized spacial score (nSPS) is 14.8. The maximum absolute atomic E-state index is 13.3. The van der Waals surface area contributed by atoms with E-state index in [4.69, 9.17) is 4.42 Å². The van der Waals surface area contributed by atoms with Gasteiger partial charge in [0.05, 0.1) is 10.9 Å².